The van der Waals surface area contributed by atoms with Crippen LogP contribution in [-0.4, -0.2) is 11.7 Å². The van der Waals surface area contributed by atoms with Crippen LogP contribution in [0.3, 0.4) is 0 Å². The van der Waals surface area contributed by atoms with Crippen LogP contribution in [0.4, 0.5) is 0 Å². The van der Waals surface area contributed by atoms with E-state index in [9.17, 15) is 5.11 Å². The van der Waals surface area contributed by atoms with E-state index in [1.165, 1.54) is 11.1 Å². The van der Waals surface area contributed by atoms with Gasteiger partial charge in [0.15, 0.2) is 0 Å². The molecular weight excluding hydrogens is 148 g/mol. The zero-order chi connectivity index (χ0) is 8.60. The van der Waals surface area contributed by atoms with Crippen LogP contribution in [0.25, 0.3) is 0 Å². The van der Waals surface area contributed by atoms with Crippen LogP contribution >= 0.6 is 0 Å². The molecule has 1 fully saturated rings. The van der Waals surface area contributed by atoms with Crippen molar-refractivity contribution in [2.24, 2.45) is 0 Å². The molecule has 1 aliphatic rings. The molecule has 1 N–H and O–H groups in total. The molecule has 0 aromatic heterocycles. The molecule has 1 aliphatic carbocycles. The maximum Gasteiger partial charge on any atom is 0.0528 e. The third kappa shape index (κ3) is 1.05. The summed E-state index contributed by atoms with van der Waals surface area (Å²) in [6.07, 6.45) is 2.29. The number of hydrogen-bond acceptors (Lipinski definition) is 1. The third-order valence-electron chi connectivity index (χ3n) is 2.87. The summed E-state index contributed by atoms with van der Waals surface area (Å²) in [4.78, 5) is 0. The van der Waals surface area contributed by atoms with E-state index in [4.69, 9.17) is 0 Å². The standard InChI is InChI=1S/C11H14O/c1-9-4-2-3-5-10(9)11(8-12)6-7-11/h2-5,12H,6-8H2,1H3. The molecule has 0 saturated heterocycles. The number of aryl methyl sites for hydroxylation is 1. The minimum absolute atomic E-state index is 0.130. The van der Waals surface area contributed by atoms with Crippen molar-refractivity contribution in [3.63, 3.8) is 0 Å². The summed E-state index contributed by atoms with van der Waals surface area (Å²) < 4.78 is 0. The lowest BCUT2D eigenvalue weighted by Gasteiger charge is -2.14. The van der Waals surface area contributed by atoms with Gasteiger partial charge in [-0.3, -0.25) is 0 Å². The summed E-state index contributed by atoms with van der Waals surface area (Å²) >= 11 is 0. The van der Waals surface area contributed by atoms with E-state index in [0.29, 0.717) is 6.61 Å². The van der Waals surface area contributed by atoms with Gasteiger partial charge >= 0.3 is 0 Å². The van der Waals surface area contributed by atoms with Crippen molar-refractivity contribution < 1.29 is 5.11 Å². The van der Waals surface area contributed by atoms with E-state index in [2.05, 4.69) is 25.1 Å². The van der Waals surface area contributed by atoms with E-state index in [1.807, 2.05) is 6.07 Å². The van der Waals surface area contributed by atoms with Gasteiger partial charge in [-0.05, 0) is 30.9 Å². The van der Waals surface area contributed by atoms with Gasteiger partial charge in [-0.15, -0.1) is 0 Å². The van der Waals surface area contributed by atoms with Crippen molar-refractivity contribution in [3.8, 4) is 0 Å². The quantitative estimate of drug-likeness (QED) is 0.705. The average Bonchev–Trinajstić information content (AvgIpc) is 2.86. The molecule has 1 aromatic rings. The van der Waals surface area contributed by atoms with Gasteiger partial charge < -0.3 is 5.11 Å². The largest absolute Gasteiger partial charge is 0.395 e. The van der Waals surface area contributed by atoms with E-state index < -0.39 is 0 Å². The third-order valence-corrected chi connectivity index (χ3v) is 2.87. The number of rotatable bonds is 2. The second-order valence-corrected chi connectivity index (χ2v) is 3.75. The lowest BCUT2D eigenvalue weighted by molar-refractivity contribution is 0.254. The summed E-state index contributed by atoms with van der Waals surface area (Å²) in [7, 11) is 0. The maximum atomic E-state index is 9.23. The first-order valence-electron chi connectivity index (χ1n) is 4.45. The fourth-order valence-corrected chi connectivity index (χ4v) is 1.83. The SMILES string of the molecule is Cc1ccccc1C1(CO)CC1. The predicted octanol–water partition coefficient (Wildman–Crippen LogP) is 2.02. The number of aliphatic hydroxyl groups is 1. The first-order valence-corrected chi connectivity index (χ1v) is 4.45. The Morgan fingerprint density at radius 1 is 1.33 bits per heavy atom. The topological polar surface area (TPSA) is 20.2 Å². The highest BCUT2D eigenvalue weighted by atomic mass is 16.3. The molecule has 1 heteroatoms. The Hall–Kier alpha value is -0.820. The Labute approximate surface area is 73.0 Å². The highest BCUT2D eigenvalue weighted by molar-refractivity contribution is 5.37. The zero-order valence-electron chi connectivity index (χ0n) is 7.38. The molecule has 2 rings (SSSR count). The molecule has 0 unspecified atom stereocenters. The van der Waals surface area contributed by atoms with Crippen molar-refractivity contribution in [1.29, 1.82) is 0 Å². The smallest absolute Gasteiger partial charge is 0.0528 e. The highest BCUT2D eigenvalue weighted by Crippen LogP contribution is 2.48. The van der Waals surface area contributed by atoms with Crippen molar-refractivity contribution in [3.05, 3.63) is 35.4 Å². The Balaban J connectivity index is 2.40. The Morgan fingerprint density at radius 3 is 2.50 bits per heavy atom. The van der Waals surface area contributed by atoms with Crippen LogP contribution in [0, 0.1) is 6.92 Å². The van der Waals surface area contributed by atoms with Crippen molar-refractivity contribution in [1.82, 2.24) is 0 Å². The molecule has 1 aromatic carbocycles. The van der Waals surface area contributed by atoms with E-state index in [1.54, 1.807) is 0 Å². The van der Waals surface area contributed by atoms with Crippen LogP contribution in [0.1, 0.15) is 24.0 Å². The molecule has 0 spiro atoms. The summed E-state index contributed by atoms with van der Waals surface area (Å²) in [6, 6.07) is 8.36. The Bertz CT molecular complexity index is 287. The van der Waals surface area contributed by atoms with E-state index >= 15 is 0 Å². The van der Waals surface area contributed by atoms with Gasteiger partial charge in [-0.25, -0.2) is 0 Å². The predicted molar refractivity (Wildman–Crippen MR) is 49.2 cm³/mol. The molecule has 1 saturated carbocycles. The monoisotopic (exact) mass is 162 g/mol. The summed E-state index contributed by atoms with van der Waals surface area (Å²) in [6.45, 7) is 2.42. The van der Waals surface area contributed by atoms with Gasteiger partial charge in [0.2, 0.25) is 0 Å². The maximum absolute atomic E-state index is 9.23. The van der Waals surface area contributed by atoms with Gasteiger partial charge in [-0.1, -0.05) is 24.3 Å². The van der Waals surface area contributed by atoms with Crippen molar-refractivity contribution >= 4 is 0 Å². The molecule has 0 atom stereocenters. The zero-order valence-corrected chi connectivity index (χ0v) is 7.38. The van der Waals surface area contributed by atoms with Crippen LogP contribution in [0.15, 0.2) is 24.3 Å². The van der Waals surface area contributed by atoms with E-state index in [-0.39, 0.29) is 5.41 Å². The Kier molecular flexibility index (Phi) is 1.69. The van der Waals surface area contributed by atoms with Crippen molar-refractivity contribution in [2.45, 2.75) is 25.2 Å². The molecule has 0 radical (unpaired) electrons. The van der Waals surface area contributed by atoms with Gasteiger partial charge in [-0.2, -0.15) is 0 Å². The molecular formula is C11H14O. The number of aliphatic hydroxyl groups excluding tert-OH is 1. The summed E-state index contributed by atoms with van der Waals surface area (Å²) in [5, 5.41) is 9.23. The highest BCUT2D eigenvalue weighted by Gasteiger charge is 2.44. The second-order valence-electron chi connectivity index (χ2n) is 3.75. The van der Waals surface area contributed by atoms with Crippen LogP contribution < -0.4 is 0 Å². The van der Waals surface area contributed by atoms with Gasteiger partial charge in [0.05, 0.1) is 6.61 Å². The molecule has 0 bridgehead atoms. The lowest BCUT2D eigenvalue weighted by Crippen LogP contribution is -2.13. The minimum Gasteiger partial charge on any atom is -0.395 e. The minimum atomic E-state index is 0.130. The summed E-state index contributed by atoms with van der Waals surface area (Å²) in [5.41, 5.74) is 2.78. The normalized spacial score (nSPS) is 19.2. The molecule has 0 amide bonds. The molecule has 0 aliphatic heterocycles. The van der Waals surface area contributed by atoms with Gasteiger partial charge in [0, 0.05) is 5.41 Å². The molecule has 1 nitrogen and oxygen atoms in total. The van der Waals surface area contributed by atoms with Gasteiger partial charge in [0.25, 0.3) is 0 Å². The summed E-state index contributed by atoms with van der Waals surface area (Å²) in [5.74, 6) is 0. The lowest BCUT2D eigenvalue weighted by atomic mass is 9.93. The molecule has 12 heavy (non-hydrogen) atoms. The van der Waals surface area contributed by atoms with Crippen LogP contribution in [0.2, 0.25) is 0 Å². The van der Waals surface area contributed by atoms with Crippen LogP contribution in [0.5, 0.6) is 0 Å². The first kappa shape index (κ1) is 7.81. The number of benzene rings is 1. The Morgan fingerprint density at radius 2 is 2.00 bits per heavy atom. The van der Waals surface area contributed by atoms with Gasteiger partial charge in [0.1, 0.15) is 0 Å². The fraction of sp³-hybridized carbons (Fsp3) is 0.455. The first-order chi connectivity index (χ1) is 5.78. The fourth-order valence-electron chi connectivity index (χ4n) is 1.83. The average molecular weight is 162 g/mol. The second kappa shape index (κ2) is 2.60. The molecule has 0 heterocycles. The van der Waals surface area contributed by atoms with Crippen LogP contribution in [-0.2, 0) is 5.41 Å². The molecule has 64 valence electrons. The van der Waals surface area contributed by atoms with Crippen molar-refractivity contribution in [2.75, 3.05) is 6.61 Å². The number of hydrogen-bond donors (Lipinski definition) is 1. The van der Waals surface area contributed by atoms with E-state index in [0.717, 1.165) is 12.8 Å².